The third kappa shape index (κ3) is 66.1. The second kappa shape index (κ2) is 63.2. The Balaban J connectivity index is 4.07. The van der Waals surface area contributed by atoms with Gasteiger partial charge in [0.1, 0.15) is 13.2 Å². The monoisotopic (exact) mass is 1160 g/mol. The summed E-state index contributed by atoms with van der Waals surface area (Å²) in [5.74, 6) is -0.183. The lowest BCUT2D eigenvalue weighted by atomic mass is 10.0. The molecule has 3 N–H and O–H groups in total. The molecule has 8 nitrogen and oxygen atoms in total. The van der Waals surface area contributed by atoms with Gasteiger partial charge in [0.15, 0.2) is 0 Å². The van der Waals surface area contributed by atoms with Crippen molar-refractivity contribution in [2.24, 2.45) is 0 Å². The highest BCUT2D eigenvalue weighted by Gasteiger charge is 2.28. The Morgan fingerprint density at radius 1 is 0.407 bits per heavy atom. The molecular formula is C72H142N2O6P+. The van der Waals surface area contributed by atoms with Gasteiger partial charge in [0.2, 0.25) is 5.91 Å². The van der Waals surface area contributed by atoms with Gasteiger partial charge in [-0.25, -0.2) is 4.57 Å². The number of hydrogen-bond acceptors (Lipinski definition) is 5. The summed E-state index contributed by atoms with van der Waals surface area (Å²) < 4.78 is 23.8. The number of likely N-dealkylation sites (N-methyl/N-ethyl adjacent to an activating group) is 1. The summed E-state index contributed by atoms with van der Waals surface area (Å²) >= 11 is 0. The van der Waals surface area contributed by atoms with E-state index in [0.717, 1.165) is 44.9 Å². The number of nitrogens with zero attached hydrogens (tertiary/aromatic N) is 1. The van der Waals surface area contributed by atoms with Crippen LogP contribution < -0.4 is 5.32 Å². The van der Waals surface area contributed by atoms with Crippen LogP contribution in [0.2, 0.25) is 0 Å². The Bertz CT molecular complexity index is 1410. The molecule has 0 aromatic rings. The number of unbranched alkanes of at least 4 members (excludes halogenated alkanes) is 50. The zero-order valence-electron chi connectivity index (χ0n) is 55.1. The van der Waals surface area contributed by atoms with Crippen LogP contribution in [0.1, 0.15) is 367 Å². The maximum absolute atomic E-state index is 13.0. The Morgan fingerprint density at radius 3 is 0.988 bits per heavy atom. The molecule has 0 aliphatic carbocycles. The molecule has 0 rings (SSSR count). The van der Waals surface area contributed by atoms with Crippen molar-refractivity contribution < 1.29 is 32.9 Å². The number of carbonyl (C=O) groups is 1. The van der Waals surface area contributed by atoms with E-state index in [1.165, 1.54) is 302 Å². The molecule has 0 aliphatic rings. The molecule has 0 aliphatic heterocycles. The van der Waals surface area contributed by atoms with Crippen LogP contribution in [0.25, 0.3) is 0 Å². The van der Waals surface area contributed by atoms with E-state index in [4.69, 9.17) is 9.05 Å². The summed E-state index contributed by atoms with van der Waals surface area (Å²) in [5, 5.41) is 14.0. The standard InChI is InChI=1S/C72H141N2O6P/c1-6-8-10-12-14-16-18-20-22-24-26-28-30-32-34-35-36-37-38-40-42-44-46-48-50-52-54-56-58-60-62-64-66-72(76)73-70(69-80-81(77,78)79-68-67-74(3,4)5)71(75)65-63-61-59-57-55-53-51-49-47-45-43-41-39-33-31-29-27-25-23-21-19-17-15-13-11-9-7-2/h47,49,55,57,63,65,70-71,75H,6-46,48,50-54,56,58-62,64,66-69H2,1-5H3,(H-,73,76,77,78)/p+1/b49-47+,57-55+,65-63+. The first kappa shape index (κ1) is 79.7. The highest BCUT2D eigenvalue weighted by molar-refractivity contribution is 7.47. The van der Waals surface area contributed by atoms with Gasteiger partial charge in [-0.1, -0.05) is 352 Å². The largest absolute Gasteiger partial charge is 0.472 e. The van der Waals surface area contributed by atoms with Gasteiger partial charge in [-0.15, -0.1) is 0 Å². The minimum atomic E-state index is -4.36. The van der Waals surface area contributed by atoms with Gasteiger partial charge in [0, 0.05) is 6.42 Å². The number of quaternary nitrogens is 1. The summed E-state index contributed by atoms with van der Waals surface area (Å²) in [6, 6.07) is -0.870. The molecular weight excluding hydrogens is 1020 g/mol. The highest BCUT2D eigenvalue weighted by Crippen LogP contribution is 2.43. The van der Waals surface area contributed by atoms with Crippen LogP contribution in [0.3, 0.4) is 0 Å². The molecule has 0 aromatic heterocycles. The Morgan fingerprint density at radius 2 is 0.679 bits per heavy atom. The second-order valence-corrected chi connectivity index (χ2v) is 27.4. The smallest absolute Gasteiger partial charge is 0.387 e. The summed E-state index contributed by atoms with van der Waals surface area (Å²) in [4.78, 5) is 23.4. The van der Waals surface area contributed by atoms with Crippen LogP contribution in [-0.2, 0) is 18.4 Å². The van der Waals surface area contributed by atoms with Crippen molar-refractivity contribution in [1.29, 1.82) is 0 Å². The van der Waals surface area contributed by atoms with E-state index in [2.05, 4.69) is 43.5 Å². The van der Waals surface area contributed by atoms with E-state index in [1.54, 1.807) is 6.08 Å². The normalized spacial score (nSPS) is 13.8. The molecule has 0 spiro atoms. The summed E-state index contributed by atoms with van der Waals surface area (Å²) in [7, 11) is 1.56. The van der Waals surface area contributed by atoms with E-state index in [0.29, 0.717) is 17.4 Å². The van der Waals surface area contributed by atoms with Crippen LogP contribution in [0.5, 0.6) is 0 Å². The minimum absolute atomic E-state index is 0.0554. The quantitative estimate of drug-likeness (QED) is 0.0243. The predicted molar refractivity (Wildman–Crippen MR) is 355 cm³/mol. The maximum atomic E-state index is 13.0. The highest BCUT2D eigenvalue weighted by atomic mass is 31.2. The lowest BCUT2D eigenvalue weighted by molar-refractivity contribution is -0.870. The zero-order valence-corrected chi connectivity index (χ0v) is 55.9. The first-order chi connectivity index (χ1) is 39.5. The Labute approximate surface area is 506 Å². The van der Waals surface area contributed by atoms with Crippen molar-refractivity contribution in [3.63, 3.8) is 0 Å². The predicted octanol–water partition coefficient (Wildman–Crippen LogP) is 22.8. The molecule has 480 valence electrons. The number of carbonyl (C=O) groups excluding carboxylic acids is 1. The van der Waals surface area contributed by atoms with Crippen LogP contribution in [0.15, 0.2) is 36.5 Å². The van der Waals surface area contributed by atoms with Crippen LogP contribution in [0.4, 0.5) is 0 Å². The van der Waals surface area contributed by atoms with Gasteiger partial charge in [-0.05, 0) is 44.9 Å². The average Bonchev–Trinajstić information content (AvgIpc) is 3.43. The molecule has 81 heavy (non-hydrogen) atoms. The van der Waals surface area contributed by atoms with Crippen LogP contribution >= 0.6 is 7.82 Å². The van der Waals surface area contributed by atoms with Gasteiger partial charge in [-0.3, -0.25) is 13.8 Å². The number of aliphatic hydroxyl groups excluding tert-OH is 1. The van der Waals surface area contributed by atoms with Gasteiger partial charge in [0.05, 0.1) is 39.9 Å². The van der Waals surface area contributed by atoms with Crippen molar-refractivity contribution in [1.82, 2.24) is 5.32 Å². The minimum Gasteiger partial charge on any atom is -0.387 e. The molecule has 1 amide bonds. The molecule has 0 radical (unpaired) electrons. The van der Waals surface area contributed by atoms with E-state index in [9.17, 15) is 19.4 Å². The molecule has 3 atom stereocenters. The fourth-order valence-electron chi connectivity index (χ4n) is 11.0. The number of aliphatic hydroxyl groups is 1. The topological polar surface area (TPSA) is 105 Å². The van der Waals surface area contributed by atoms with Gasteiger partial charge >= 0.3 is 7.82 Å². The molecule has 0 saturated heterocycles. The average molecular weight is 1160 g/mol. The van der Waals surface area contributed by atoms with Crippen molar-refractivity contribution in [3.05, 3.63) is 36.5 Å². The summed E-state index contributed by atoms with van der Waals surface area (Å²) in [6.45, 7) is 4.85. The first-order valence-electron chi connectivity index (χ1n) is 35.9. The van der Waals surface area contributed by atoms with Crippen molar-refractivity contribution in [2.75, 3.05) is 40.9 Å². The van der Waals surface area contributed by atoms with E-state index < -0.39 is 20.0 Å². The lowest BCUT2D eigenvalue weighted by Gasteiger charge is -2.25. The van der Waals surface area contributed by atoms with Gasteiger partial charge < -0.3 is 19.8 Å². The molecule has 0 bridgehead atoms. The summed E-state index contributed by atoms with van der Waals surface area (Å²) in [5.41, 5.74) is 0. The summed E-state index contributed by atoms with van der Waals surface area (Å²) in [6.07, 6.45) is 84.6. The van der Waals surface area contributed by atoms with Gasteiger partial charge in [-0.2, -0.15) is 0 Å². The number of allylic oxidation sites excluding steroid dienone is 5. The number of hydrogen-bond donors (Lipinski definition) is 3. The van der Waals surface area contributed by atoms with Crippen molar-refractivity contribution in [2.45, 2.75) is 379 Å². The molecule has 0 aromatic carbocycles. The molecule has 0 heterocycles. The van der Waals surface area contributed by atoms with E-state index >= 15 is 0 Å². The maximum Gasteiger partial charge on any atom is 0.472 e. The second-order valence-electron chi connectivity index (χ2n) is 26.0. The number of rotatable bonds is 67. The van der Waals surface area contributed by atoms with Crippen LogP contribution in [0, 0.1) is 0 Å². The molecule has 0 saturated carbocycles. The van der Waals surface area contributed by atoms with Crippen molar-refractivity contribution in [3.8, 4) is 0 Å². The molecule has 3 unspecified atom stereocenters. The molecule has 0 fully saturated rings. The third-order valence-electron chi connectivity index (χ3n) is 16.6. The number of phosphoric acid groups is 1. The first-order valence-corrected chi connectivity index (χ1v) is 37.4. The number of nitrogens with one attached hydrogen (secondary N) is 1. The fraction of sp³-hybridized carbons (Fsp3) is 0.903. The van der Waals surface area contributed by atoms with Gasteiger partial charge in [0.25, 0.3) is 0 Å². The number of phosphoric ester groups is 1. The lowest BCUT2D eigenvalue weighted by Crippen LogP contribution is -2.45. The Hall–Kier alpha value is -1.28. The SMILES string of the molecule is CCCCCCCCCCCCCCCCCCC/C=C/CC/C=C/CC/C=C/C(O)C(COP(=O)(O)OCC[N+](C)(C)C)NC(=O)CCCCCCCCCCCCCCCCCCCCCCCCCCCCCCCCCC. The molecule has 9 heteroatoms. The third-order valence-corrected chi connectivity index (χ3v) is 17.6. The fourth-order valence-corrected chi connectivity index (χ4v) is 11.8. The Kier molecular flexibility index (Phi) is 62.2. The zero-order chi connectivity index (χ0) is 59.1. The van der Waals surface area contributed by atoms with Crippen LogP contribution in [-0.4, -0.2) is 73.4 Å². The van der Waals surface area contributed by atoms with E-state index in [1.807, 2.05) is 27.2 Å². The van der Waals surface area contributed by atoms with E-state index in [-0.39, 0.29) is 19.1 Å². The van der Waals surface area contributed by atoms with Crippen molar-refractivity contribution >= 4 is 13.7 Å². The number of amides is 1.